The Morgan fingerprint density at radius 3 is 2.61 bits per heavy atom. The van der Waals surface area contributed by atoms with Gasteiger partial charge in [-0.3, -0.25) is 0 Å². The number of alkyl halides is 1. The molecule has 3 heteroatoms. The Balaban J connectivity index is 2.11. The molecule has 94 valence electrons. The lowest BCUT2D eigenvalue weighted by molar-refractivity contribution is 0.304. The van der Waals surface area contributed by atoms with Gasteiger partial charge in [0.25, 0.3) is 0 Å². The summed E-state index contributed by atoms with van der Waals surface area (Å²) in [5.74, 6) is 0.894. The molecule has 0 N–H and O–H groups in total. The summed E-state index contributed by atoms with van der Waals surface area (Å²) in [5, 5.41) is 1.54. The number of ether oxygens (including phenoxy) is 1. The molecule has 2 rings (SSSR count). The van der Waals surface area contributed by atoms with Crippen molar-refractivity contribution < 1.29 is 4.74 Å². The van der Waals surface area contributed by atoms with E-state index in [-0.39, 0.29) is 0 Å². The molecule has 0 heterocycles. The van der Waals surface area contributed by atoms with Crippen LogP contribution < -0.4 is 4.74 Å². The van der Waals surface area contributed by atoms with Crippen LogP contribution in [0.3, 0.4) is 0 Å². The van der Waals surface area contributed by atoms with Gasteiger partial charge in [-0.25, -0.2) is 0 Å². The second kappa shape index (κ2) is 6.26. The summed E-state index contributed by atoms with van der Waals surface area (Å²) in [6.45, 7) is 2.51. The third-order valence-corrected chi connectivity index (χ3v) is 3.66. The number of hydrogen-bond acceptors (Lipinski definition) is 1. The van der Waals surface area contributed by atoms with Gasteiger partial charge < -0.3 is 4.74 Å². The zero-order chi connectivity index (χ0) is 13.0. The van der Waals surface area contributed by atoms with Gasteiger partial charge in [-0.2, -0.15) is 0 Å². The normalized spacial score (nSPS) is 10.4. The molecule has 0 bridgehead atoms. The van der Waals surface area contributed by atoms with E-state index in [1.165, 1.54) is 0 Å². The quantitative estimate of drug-likeness (QED) is 0.709. The van der Waals surface area contributed by atoms with Gasteiger partial charge in [-0.05, 0) is 24.6 Å². The fourth-order valence-electron chi connectivity index (χ4n) is 1.68. The van der Waals surface area contributed by atoms with Crippen molar-refractivity contribution in [1.82, 2.24) is 0 Å². The average Bonchev–Trinajstić information content (AvgIpc) is 2.38. The minimum Gasteiger partial charge on any atom is -0.489 e. The van der Waals surface area contributed by atoms with E-state index < -0.39 is 0 Å². The number of benzene rings is 2. The largest absolute Gasteiger partial charge is 0.489 e. The van der Waals surface area contributed by atoms with Crippen LogP contribution in [0.25, 0.3) is 0 Å². The highest BCUT2D eigenvalue weighted by atomic mass is 79.9. The van der Waals surface area contributed by atoms with Crippen LogP contribution in [-0.4, -0.2) is 0 Å². The molecule has 0 unspecified atom stereocenters. The van der Waals surface area contributed by atoms with E-state index in [1.807, 2.05) is 49.4 Å². The van der Waals surface area contributed by atoms with Crippen LogP contribution in [0, 0.1) is 6.92 Å². The monoisotopic (exact) mass is 324 g/mol. The molecule has 0 amide bonds. The first-order chi connectivity index (χ1) is 8.70. The number of para-hydroxylation sites is 1. The van der Waals surface area contributed by atoms with Crippen molar-refractivity contribution in [1.29, 1.82) is 0 Å². The molecule has 2 aromatic rings. The third kappa shape index (κ3) is 3.27. The van der Waals surface area contributed by atoms with Crippen LogP contribution in [0.1, 0.15) is 16.7 Å². The van der Waals surface area contributed by atoms with Gasteiger partial charge >= 0.3 is 0 Å². The van der Waals surface area contributed by atoms with Crippen LogP contribution in [0.4, 0.5) is 0 Å². The minimum absolute atomic E-state index is 0.489. The molecule has 18 heavy (non-hydrogen) atoms. The molecule has 0 aromatic heterocycles. The van der Waals surface area contributed by atoms with Crippen molar-refractivity contribution >= 4 is 27.5 Å². The molecular formula is C15H14BrClO. The van der Waals surface area contributed by atoms with Gasteiger partial charge in [0.15, 0.2) is 0 Å². The van der Waals surface area contributed by atoms with Gasteiger partial charge in [-0.15, -0.1) is 0 Å². The molecule has 0 atom stereocenters. The summed E-state index contributed by atoms with van der Waals surface area (Å²) >= 11 is 9.63. The van der Waals surface area contributed by atoms with Gasteiger partial charge in [0.2, 0.25) is 0 Å². The summed E-state index contributed by atoms with van der Waals surface area (Å²) < 4.78 is 5.82. The highest BCUT2D eigenvalue weighted by Gasteiger charge is 2.04. The Bertz CT molecular complexity index is 540. The van der Waals surface area contributed by atoms with E-state index >= 15 is 0 Å². The Labute approximate surface area is 121 Å². The van der Waals surface area contributed by atoms with Gasteiger partial charge in [-0.1, -0.05) is 57.9 Å². The van der Waals surface area contributed by atoms with E-state index in [0.717, 1.165) is 32.8 Å². The zero-order valence-corrected chi connectivity index (χ0v) is 12.5. The topological polar surface area (TPSA) is 9.23 Å². The molecule has 0 spiro atoms. The Hall–Kier alpha value is -0.990. The Morgan fingerprint density at radius 1 is 1.11 bits per heavy atom. The molecule has 0 radical (unpaired) electrons. The summed E-state index contributed by atoms with van der Waals surface area (Å²) in [6, 6.07) is 14.0. The Kier molecular flexibility index (Phi) is 4.67. The summed E-state index contributed by atoms with van der Waals surface area (Å²) in [7, 11) is 0. The predicted octanol–water partition coefficient (Wildman–Crippen LogP) is 5.12. The molecule has 0 aliphatic rings. The van der Waals surface area contributed by atoms with Crippen LogP contribution in [0.15, 0.2) is 42.5 Å². The standard InChI is InChI=1S/C15H14BrClO/c1-11-6-7-13(14(17)8-11)10-18-15-5-3-2-4-12(15)9-16/h2-8H,9-10H2,1H3. The van der Waals surface area contributed by atoms with Crippen molar-refractivity contribution in [3.8, 4) is 5.75 Å². The van der Waals surface area contributed by atoms with Gasteiger partial charge in [0.1, 0.15) is 12.4 Å². The van der Waals surface area contributed by atoms with E-state index in [2.05, 4.69) is 15.9 Å². The third-order valence-electron chi connectivity index (χ3n) is 2.71. The first-order valence-electron chi connectivity index (χ1n) is 5.72. The summed E-state index contributed by atoms with van der Waals surface area (Å²) in [6.07, 6.45) is 0. The molecule has 0 saturated heterocycles. The molecule has 0 aliphatic heterocycles. The van der Waals surface area contributed by atoms with Crippen LogP contribution in [0.5, 0.6) is 5.75 Å². The second-order valence-corrected chi connectivity index (χ2v) is 5.09. The molecular weight excluding hydrogens is 312 g/mol. The number of aryl methyl sites for hydroxylation is 1. The van der Waals surface area contributed by atoms with Gasteiger partial charge in [0, 0.05) is 21.5 Å². The van der Waals surface area contributed by atoms with Crippen molar-refractivity contribution in [2.75, 3.05) is 0 Å². The van der Waals surface area contributed by atoms with Crippen LogP contribution in [-0.2, 0) is 11.9 Å². The fourth-order valence-corrected chi connectivity index (χ4v) is 2.43. The molecule has 0 fully saturated rings. The van der Waals surface area contributed by atoms with Crippen molar-refractivity contribution in [2.24, 2.45) is 0 Å². The van der Waals surface area contributed by atoms with Crippen molar-refractivity contribution in [3.63, 3.8) is 0 Å². The predicted molar refractivity (Wildman–Crippen MR) is 79.6 cm³/mol. The number of rotatable bonds is 4. The fraction of sp³-hybridized carbons (Fsp3) is 0.200. The smallest absolute Gasteiger partial charge is 0.123 e. The van der Waals surface area contributed by atoms with E-state index in [1.54, 1.807) is 0 Å². The maximum atomic E-state index is 6.18. The molecule has 0 aliphatic carbocycles. The van der Waals surface area contributed by atoms with Crippen LogP contribution >= 0.6 is 27.5 Å². The van der Waals surface area contributed by atoms with E-state index in [4.69, 9.17) is 16.3 Å². The Morgan fingerprint density at radius 2 is 1.89 bits per heavy atom. The number of halogens is 2. The molecule has 2 aromatic carbocycles. The highest BCUT2D eigenvalue weighted by molar-refractivity contribution is 9.08. The minimum atomic E-state index is 0.489. The molecule has 0 saturated carbocycles. The lowest BCUT2D eigenvalue weighted by atomic mass is 10.1. The van der Waals surface area contributed by atoms with Crippen molar-refractivity contribution in [3.05, 3.63) is 64.2 Å². The SMILES string of the molecule is Cc1ccc(COc2ccccc2CBr)c(Cl)c1. The maximum Gasteiger partial charge on any atom is 0.123 e. The maximum absolute atomic E-state index is 6.18. The number of hydrogen-bond donors (Lipinski definition) is 0. The van der Waals surface area contributed by atoms with E-state index in [9.17, 15) is 0 Å². The lowest BCUT2D eigenvalue weighted by Gasteiger charge is -2.11. The average molecular weight is 326 g/mol. The highest BCUT2D eigenvalue weighted by Crippen LogP contribution is 2.24. The van der Waals surface area contributed by atoms with E-state index in [0.29, 0.717) is 6.61 Å². The first kappa shape index (κ1) is 13.4. The van der Waals surface area contributed by atoms with Crippen molar-refractivity contribution in [2.45, 2.75) is 18.9 Å². The summed E-state index contributed by atoms with van der Waals surface area (Å²) in [4.78, 5) is 0. The first-order valence-corrected chi connectivity index (χ1v) is 7.22. The van der Waals surface area contributed by atoms with Gasteiger partial charge in [0.05, 0.1) is 0 Å². The zero-order valence-electron chi connectivity index (χ0n) is 10.1. The lowest BCUT2D eigenvalue weighted by Crippen LogP contribution is -1.98. The molecule has 1 nitrogen and oxygen atoms in total. The van der Waals surface area contributed by atoms with Crippen LogP contribution in [0.2, 0.25) is 5.02 Å². The second-order valence-electron chi connectivity index (χ2n) is 4.12. The summed E-state index contributed by atoms with van der Waals surface area (Å²) in [5.41, 5.74) is 3.30.